The Labute approximate surface area is 250 Å². The number of nitrogens with zero attached hydrogens (tertiary/aromatic N) is 1. The smallest absolute Gasteiger partial charge is 0.285 e. The molecular formula is C29H28BrClN2O4S2. The fraction of sp³-hybridized carbons (Fsp3) is 0.414. The molecule has 1 saturated heterocycles. The van der Waals surface area contributed by atoms with E-state index in [9.17, 15) is 9.59 Å². The third-order valence-corrected chi connectivity index (χ3v) is 10.5. The lowest BCUT2D eigenvalue weighted by Crippen LogP contribution is -2.57. The van der Waals surface area contributed by atoms with E-state index in [4.69, 9.17) is 33.3 Å². The molecule has 4 saturated carbocycles. The molecule has 0 aromatic heterocycles. The molecule has 0 spiro atoms. The van der Waals surface area contributed by atoms with Crippen LogP contribution in [0.2, 0.25) is 5.02 Å². The van der Waals surface area contributed by atoms with Gasteiger partial charge in [0.1, 0.15) is 6.61 Å². The van der Waals surface area contributed by atoms with Crippen LogP contribution in [0.3, 0.4) is 0 Å². The van der Waals surface area contributed by atoms with Gasteiger partial charge in [-0.05, 0) is 126 Å². The Morgan fingerprint density at radius 1 is 1.18 bits per heavy atom. The molecule has 1 heterocycles. The maximum Gasteiger partial charge on any atom is 0.285 e. The van der Waals surface area contributed by atoms with Crippen molar-refractivity contribution >= 4 is 73.7 Å². The molecule has 10 heteroatoms. The lowest BCUT2D eigenvalue weighted by molar-refractivity contribution is -0.152. The first kappa shape index (κ1) is 27.1. The molecule has 0 atom stereocenters. The van der Waals surface area contributed by atoms with E-state index >= 15 is 0 Å². The molecule has 2 aromatic carbocycles. The average Bonchev–Trinajstić information content (AvgIpc) is 3.15. The molecule has 0 unspecified atom stereocenters. The van der Waals surface area contributed by atoms with Gasteiger partial charge < -0.3 is 9.47 Å². The van der Waals surface area contributed by atoms with Crippen LogP contribution >= 0.6 is 51.5 Å². The van der Waals surface area contributed by atoms with Gasteiger partial charge in [-0.1, -0.05) is 35.5 Å². The quantitative estimate of drug-likeness (QED) is 0.255. The van der Waals surface area contributed by atoms with Crippen LogP contribution in [0.4, 0.5) is 0 Å². The van der Waals surface area contributed by atoms with Crippen molar-refractivity contribution in [2.75, 3.05) is 7.11 Å². The number of thioether (sulfide) groups is 1. The van der Waals surface area contributed by atoms with Crippen molar-refractivity contribution in [1.29, 1.82) is 0 Å². The first-order valence-corrected chi connectivity index (χ1v) is 15.5. The van der Waals surface area contributed by atoms with E-state index in [-0.39, 0.29) is 17.2 Å². The molecule has 1 N–H and O–H groups in total. The molecule has 6 nitrogen and oxygen atoms in total. The lowest BCUT2D eigenvalue weighted by Gasteiger charge is -2.55. The number of methoxy groups -OCH3 is 1. The van der Waals surface area contributed by atoms with Crippen molar-refractivity contribution < 1.29 is 19.1 Å². The Morgan fingerprint density at radius 3 is 2.44 bits per heavy atom. The summed E-state index contributed by atoms with van der Waals surface area (Å²) in [6.45, 7) is 0.341. The van der Waals surface area contributed by atoms with Gasteiger partial charge in [0.2, 0.25) is 5.91 Å². The predicted octanol–water partition coefficient (Wildman–Crippen LogP) is 7.14. The highest BCUT2D eigenvalue weighted by atomic mass is 79.9. The first-order valence-electron chi connectivity index (χ1n) is 13.1. The van der Waals surface area contributed by atoms with Gasteiger partial charge >= 0.3 is 0 Å². The second-order valence-electron chi connectivity index (χ2n) is 11.1. The van der Waals surface area contributed by atoms with Crippen LogP contribution in [0.15, 0.2) is 45.8 Å². The number of carbonyl (C=O) groups is 2. The summed E-state index contributed by atoms with van der Waals surface area (Å²) in [6, 6.07) is 11.1. The summed E-state index contributed by atoms with van der Waals surface area (Å²) in [5, 5.41) is 1.92. The number of hydrazine groups is 1. The van der Waals surface area contributed by atoms with E-state index in [2.05, 4.69) is 21.4 Å². The molecule has 204 valence electrons. The van der Waals surface area contributed by atoms with E-state index in [0.717, 1.165) is 30.4 Å². The number of hydrogen-bond donors (Lipinski definition) is 1. The van der Waals surface area contributed by atoms with Gasteiger partial charge in [-0.2, -0.15) is 5.01 Å². The zero-order valence-corrected chi connectivity index (χ0v) is 25.4. The van der Waals surface area contributed by atoms with E-state index in [0.29, 0.717) is 54.6 Å². The third kappa shape index (κ3) is 5.35. The molecule has 4 aliphatic carbocycles. The number of amides is 2. The maximum absolute atomic E-state index is 13.5. The molecule has 0 radical (unpaired) electrons. The van der Waals surface area contributed by atoms with Crippen molar-refractivity contribution in [2.45, 2.75) is 45.1 Å². The highest BCUT2D eigenvalue weighted by Crippen LogP contribution is 2.60. The Bertz CT molecular complexity index is 1340. The Hall–Kier alpha value is -2.07. The summed E-state index contributed by atoms with van der Waals surface area (Å²) in [6.07, 6.45) is 8.29. The molecule has 1 aliphatic heterocycles. The van der Waals surface area contributed by atoms with Gasteiger partial charge in [0.25, 0.3) is 5.91 Å². The molecule has 4 bridgehead atoms. The average molecular weight is 648 g/mol. The fourth-order valence-corrected chi connectivity index (χ4v) is 8.90. The summed E-state index contributed by atoms with van der Waals surface area (Å²) in [7, 11) is 1.57. The van der Waals surface area contributed by atoms with Crippen molar-refractivity contribution in [3.8, 4) is 11.5 Å². The van der Waals surface area contributed by atoms with Gasteiger partial charge in [0, 0.05) is 5.02 Å². The van der Waals surface area contributed by atoms with Crippen molar-refractivity contribution in [3.63, 3.8) is 0 Å². The van der Waals surface area contributed by atoms with Crippen LogP contribution in [-0.4, -0.2) is 28.3 Å². The Balaban J connectivity index is 1.16. The molecule has 7 rings (SSSR count). The predicted molar refractivity (Wildman–Crippen MR) is 160 cm³/mol. The fourth-order valence-electron chi connectivity index (χ4n) is 7.02. The topological polar surface area (TPSA) is 67.9 Å². The molecule has 39 heavy (non-hydrogen) atoms. The van der Waals surface area contributed by atoms with Crippen molar-refractivity contribution in [2.24, 2.45) is 23.2 Å². The van der Waals surface area contributed by atoms with Gasteiger partial charge in [-0.15, -0.1) is 0 Å². The lowest BCUT2D eigenvalue weighted by atomic mass is 9.49. The van der Waals surface area contributed by atoms with E-state index in [1.54, 1.807) is 13.2 Å². The van der Waals surface area contributed by atoms with Crippen LogP contribution in [0.25, 0.3) is 6.08 Å². The number of halogens is 2. The second kappa shape index (κ2) is 10.7. The largest absolute Gasteiger partial charge is 0.493 e. The monoisotopic (exact) mass is 646 g/mol. The van der Waals surface area contributed by atoms with Gasteiger partial charge in [0.05, 0.1) is 21.9 Å². The van der Waals surface area contributed by atoms with Crippen LogP contribution in [0.1, 0.15) is 49.7 Å². The van der Waals surface area contributed by atoms with Crippen molar-refractivity contribution in [3.05, 3.63) is 61.9 Å². The SMILES string of the molecule is COc1cc(/C=C2/SC(=S)N(NC(=O)C34CC5CC(CC(C5)C3)C4)C2=O)cc(Br)c1OCc1ccc(Cl)cc1. The molecule has 5 aliphatic rings. The summed E-state index contributed by atoms with van der Waals surface area (Å²) >= 11 is 16.2. The van der Waals surface area contributed by atoms with E-state index in [1.807, 2.05) is 36.4 Å². The maximum atomic E-state index is 13.5. The number of nitrogens with one attached hydrogen (secondary N) is 1. The normalized spacial score (nSPS) is 28.3. The standard InChI is InChI=1S/C29H28BrClN2O4S2/c1-36-23-10-17(9-22(30)25(23)37-15-16-2-4-21(31)5-3-16)11-24-26(34)33(28(38)39-24)32-27(35)29-12-18-6-19(13-29)8-20(7-18)14-29/h2-5,9-11,18-20H,6-8,12-15H2,1H3,(H,32,35)/b24-11+. The van der Waals surface area contributed by atoms with Crippen LogP contribution in [0, 0.1) is 23.2 Å². The highest BCUT2D eigenvalue weighted by Gasteiger charge is 2.55. The van der Waals surface area contributed by atoms with Crippen LogP contribution in [-0.2, 0) is 16.2 Å². The molecule has 2 amide bonds. The number of hydrogen-bond acceptors (Lipinski definition) is 6. The number of carbonyl (C=O) groups excluding carboxylic acids is 2. The summed E-state index contributed by atoms with van der Waals surface area (Å²) in [4.78, 5) is 27.3. The van der Waals surface area contributed by atoms with E-state index in [1.165, 1.54) is 36.0 Å². The van der Waals surface area contributed by atoms with Gasteiger partial charge in [-0.3, -0.25) is 15.0 Å². The van der Waals surface area contributed by atoms with Gasteiger partial charge in [0.15, 0.2) is 15.8 Å². The molecular weight excluding hydrogens is 620 g/mol. The highest BCUT2D eigenvalue weighted by molar-refractivity contribution is 9.10. The Kier molecular flexibility index (Phi) is 7.46. The number of benzene rings is 2. The minimum absolute atomic E-state index is 0.0502. The molecule has 2 aromatic rings. The summed E-state index contributed by atoms with van der Waals surface area (Å²) in [5.41, 5.74) is 4.26. The minimum Gasteiger partial charge on any atom is -0.493 e. The zero-order chi connectivity index (χ0) is 27.3. The van der Waals surface area contributed by atoms with Gasteiger partial charge in [-0.25, -0.2) is 0 Å². The zero-order valence-electron chi connectivity index (χ0n) is 21.4. The summed E-state index contributed by atoms with van der Waals surface area (Å²) in [5.74, 6) is 2.63. The molecule has 5 fully saturated rings. The number of rotatable bonds is 7. The second-order valence-corrected chi connectivity index (χ2v) is 14.1. The van der Waals surface area contributed by atoms with Crippen LogP contribution in [0.5, 0.6) is 11.5 Å². The van der Waals surface area contributed by atoms with Crippen LogP contribution < -0.4 is 14.9 Å². The third-order valence-electron chi connectivity index (χ3n) is 8.37. The van der Waals surface area contributed by atoms with E-state index < -0.39 is 0 Å². The first-order chi connectivity index (χ1) is 18.7. The Morgan fingerprint density at radius 2 is 1.82 bits per heavy atom. The van der Waals surface area contributed by atoms with Crippen molar-refractivity contribution in [1.82, 2.24) is 10.4 Å². The summed E-state index contributed by atoms with van der Waals surface area (Å²) < 4.78 is 12.6. The number of ether oxygens (including phenoxy) is 2. The number of thiocarbonyl (C=S) groups is 1. The minimum atomic E-state index is -0.359.